The summed E-state index contributed by atoms with van der Waals surface area (Å²) in [6.07, 6.45) is 8.50. The fourth-order valence-corrected chi connectivity index (χ4v) is 13.7. The summed E-state index contributed by atoms with van der Waals surface area (Å²) in [5, 5.41) is 2.50. The molecule has 13 rings (SSSR count). The van der Waals surface area contributed by atoms with E-state index in [2.05, 4.69) is 230 Å². The smallest absolute Gasteiger partial charge is 0.0546 e. The van der Waals surface area contributed by atoms with Crippen molar-refractivity contribution >= 4 is 44.9 Å². The molecule has 4 aliphatic carbocycles. The molecule has 0 N–H and O–H groups in total. The molecule has 0 aromatic heterocycles. The van der Waals surface area contributed by atoms with Crippen molar-refractivity contribution in [3.05, 3.63) is 240 Å². The molecule has 0 amide bonds. The Morgan fingerprint density at radius 3 is 1.58 bits per heavy atom. The molecule has 3 atom stereocenters. The van der Waals surface area contributed by atoms with Gasteiger partial charge in [-0.05, 0) is 159 Å². The molecule has 9 aromatic rings. The molecule has 4 aliphatic rings. The predicted molar refractivity (Wildman–Crippen MR) is 281 cm³/mol. The second-order valence-electron chi connectivity index (χ2n) is 20.3. The van der Waals surface area contributed by atoms with Crippen LogP contribution >= 0.6 is 0 Å². The number of nitrogens with zero attached hydrogens (tertiary/aromatic N) is 2. The Morgan fingerprint density at radius 1 is 0.388 bits per heavy atom. The van der Waals surface area contributed by atoms with Crippen LogP contribution in [0.3, 0.4) is 0 Å². The molecule has 1 saturated carbocycles. The van der Waals surface area contributed by atoms with Crippen LogP contribution in [0, 0.1) is 11.8 Å². The summed E-state index contributed by atoms with van der Waals surface area (Å²) >= 11 is 0. The van der Waals surface area contributed by atoms with Crippen molar-refractivity contribution in [2.75, 3.05) is 9.80 Å². The van der Waals surface area contributed by atoms with Gasteiger partial charge < -0.3 is 9.80 Å². The highest BCUT2D eigenvalue weighted by molar-refractivity contribution is 5.99. The first-order chi connectivity index (χ1) is 33.0. The molecule has 1 fully saturated rings. The van der Waals surface area contributed by atoms with Crippen LogP contribution < -0.4 is 9.80 Å². The highest BCUT2D eigenvalue weighted by Crippen LogP contribution is 2.66. The zero-order chi connectivity index (χ0) is 44.7. The highest BCUT2D eigenvalue weighted by atomic mass is 15.2. The number of anilines is 6. The van der Waals surface area contributed by atoms with Gasteiger partial charge in [0.05, 0.1) is 17.1 Å². The molecule has 3 unspecified atom stereocenters. The molecule has 1 spiro atoms. The van der Waals surface area contributed by atoms with Crippen LogP contribution in [-0.4, -0.2) is 0 Å². The van der Waals surface area contributed by atoms with E-state index < -0.39 is 0 Å². The first-order valence-electron chi connectivity index (χ1n) is 24.8. The molecule has 0 heterocycles. The lowest BCUT2D eigenvalue weighted by molar-refractivity contribution is 0.205. The van der Waals surface area contributed by atoms with E-state index in [1.807, 2.05) is 0 Å². The van der Waals surface area contributed by atoms with Crippen LogP contribution in [0.1, 0.15) is 79.3 Å². The fourth-order valence-electron chi connectivity index (χ4n) is 13.7. The molecule has 2 heteroatoms. The lowest BCUT2D eigenvalue weighted by Crippen LogP contribution is -2.40. The van der Waals surface area contributed by atoms with Gasteiger partial charge in [-0.15, -0.1) is 0 Å². The number of hydrogen-bond donors (Lipinski definition) is 0. The fraction of sp³-hybridized carbons (Fsp3) is 0.200. The summed E-state index contributed by atoms with van der Waals surface area (Å²) in [5.41, 5.74) is 21.3. The standard InChI is InChI=1S/C65H56N2/c1-64(2)57-34-18-17-33-54(57)55-38-37-53(43-58(55)64)66(51-29-11-5-12-30-51)59-35-19-25-47-39-49-27-9-4-10-28-50-40-48-26-20-36-60(63(48)65(49,50)62(47)59)67(52-31-13-6-14-32-52)61-42-46-24-16-15-23-45(46)41-56(61)44-21-7-3-8-22-44/h3,5-8,11-26,29-38,41-43,49-50H,4,9-10,27-28,39-40H2,1-2H3. The molecule has 0 saturated heterocycles. The van der Waals surface area contributed by atoms with E-state index in [1.54, 1.807) is 11.1 Å². The maximum absolute atomic E-state index is 2.65. The van der Waals surface area contributed by atoms with Gasteiger partial charge >= 0.3 is 0 Å². The quantitative estimate of drug-likeness (QED) is 0.157. The van der Waals surface area contributed by atoms with Gasteiger partial charge in [0.1, 0.15) is 0 Å². The molecular formula is C65H56N2. The second-order valence-corrected chi connectivity index (χ2v) is 20.3. The summed E-state index contributed by atoms with van der Waals surface area (Å²) in [6.45, 7) is 4.82. The van der Waals surface area contributed by atoms with Gasteiger partial charge in [0.2, 0.25) is 0 Å². The van der Waals surface area contributed by atoms with Crippen molar-refractivity contribution in [2.24, 2.45) is 11.8 Å². The Kier molecular flexibility index (Phi) is 9.43. The minimum atomic E-state index is -0.200. The molecule has 0 aliphatic heterocycles. The molecule has 326 valence electrons. The van der Waals surface area contributed by atoms with Crippen molar-refractivity contribution in [3.63, 3.8) is 0 Å². The third-order valence-electron chi connectivity index (χ3n) is 16.4. The second kappa shape index (κ2) is 15.7. The average Bonchev–Trinajstić information content (AvgIpc) is 3.96. The van der Waals surface area contributed by atoms with E-state index in [9.17, 15) is 0 Å². The van der Waals surface area contributed by atoms with Crippen molar-refractivity contribution in [2.45, 2.75) is 69.6 Å². The molecule has 9 aromatic carbocycles. The van der Waals surface area contributed by atoms with Gasteiger partial charge in [0, 0.05) is 33.5 Å². The normalized spacial score (nSPS) is 19.6. The van der Waals surface area contributed by atoms with Crippen molar-refractivity contribution < 1.29 is 0 Å². The number of hydrogen-bond acceptors (Lipinski definition) is 2. The lowest BCUT2D eigenvalue weighted by Gasteiger charge is -2.45. The Balaban J connectivity index is 1.09. The maximum Gasteiger partial charge on any atom is 0.0546 e. The van der Waals surface area contributed by atoms with Crippen LogP contribution in [0.5, 0.6) is 0 Å². The Hall–Kier alpha value is -7.16. The third kappa shape index (κ3) is 6.15. The van der Waals surface area contributed by atoms with Gasteiger partial charge in [-0.25, -0.2) is 0 Å². The third-order valence-corrected chi connectivity index (χ3v) is 16.4. The molecule has 0 bridgehead atoms. The predicted octanol–water partition coefficient (Wildman–Crippen LogP) is 17.3. The minimum absolute atomic E-state index is 0.112. The zero-order valence-electron chi connectivity index (χ0n) is 38.6. The summed E-state index contributed by atoms with van der Waals surface area (Å²) in [7, 11) is 0. The maximum atomic E-state index is 2.65. The Bertz CT molecular complexity index is 3320. The van der Waals surface area contributed by atoms with E-state index in [1.165, 1.54) is 122 Å². The summed E-state index contributed by atoms with van der Waals surface area (Å²) in [4.78, 5) is 5.29. The Labute approximate surface area is 396 Å². The SMILES string of the molecule is CC1(C)c2ccccc2-c2ccc(N(c3ccccc3)c3cccc4c3C35c6c(cccc6N(c6ccccc6)c6cc7ccccc7cc6-c6ccccc6)CC3CCCCCC5C4)cc21. The van der Waals surface area contributed by atoms with Gasteiger partial charge in [-0.3, -0.25) is 0 Å². The van der Waals surface area contributed by atoms with Crippen molar-refractivity contribution in [3.8, 4) is 22.3 Å². The van der Waals surface area contributed by atoms with E-state index in [0.717, 1.165) is 12.8 Å². The van der Waals surface area contributed by atoms with E-state index >= 15 is 0 Å². The van der Waals surface area contributed by atoms with Crippen molar-refractivity contribution in [1.82, 2.24) is 0 Å². The number of fused-ring (bicyclic) bond motifs is 6. The van der Waals surface area contributed by atoms with Crippen LogP contribution in [0.4, 0.5) is 34.1 Å². The first-order valence-corrected chi connectivity index (χ1v) is 24.8. The summed E-state index contributed by atoms with van der Waals surface area (Å²) < 4.78 is 0. The largest absolute Gasteiger partial charge is 0.310 e. The van der Waals surface area contributed by atoms with Gasteiger partial charge in [-0.1, -0.05) is 179 Å². The molecule has 67 heavy (non-hydrogen) atoms. The van der Waals surface area contributed by atoms with E-state index in [-0.39, 0.29) is 10.8 Å². The summed E-state index contributed by atoms with van der Waals surface area (Å²) in [6, 6.07) is 78.3. The Morgan fingerprint density at radius 2 is 0.925 bits per heavy atom. The minimum Gasteiger partial charge on any atom is -0.310 e. The molecule has 2 nitrogen and oxygen atoms in total. The molecular weight excluding hydrogens is 809 g/mol. The number of para-hydroxylation sites is 2. The van der Waals surface area contributed by atoms with Gasteiger partial charge in [-0.2, -0.15) is 0 Å². The highest BCUT2D eigenvalue weighted by Gasteiger charge is 2.59. The topological polar surface area (TPSA) is 6.48 Å². The van der Waals surface area contributed by atoms with Crippen LogP contribution in [0.2, 0.25) is 0 Å². The van der Waals surface area contributed by atoms with Crippen LogP contribution in [-0.2, 0) is 23.7 Å². The van der Waals surface area contributed by atoms with Crippen LogP contribution in [0.25, 0.3) is 33.0 Å². The summed E-state index contributed by atoms with van der Waals surface area (Å²) in [5.74, 6) is 0.954. The monoisotopic (exact) mass is 864 g/mol. The van der Waals surface area contributed by atoms with E-state index in [0.29, 0.717) is 11.8 Å². The number of rotatable bonds is 7. The van der Waals surface area contributed by atoms with Crippen molar-refractivity contribution in [1.29, 1.82) is 0 Å². The van der Waals surface area contributed by atoms with Gasteiger partial charge in [0.25, 0.3) is 0 Å². The van der Waals surface area contributed by atoms with E-state index in [4.69, 9.17) is 0 Å². The van der Waals surface area contributed by atoms with Gasteiger partial charge in [0.15, 0.2) is 0 Å². The van der Waals surface area contributed by atoms with Crippen LogP contribution in [0.15, 0.2) is 206 Å². The lowest BCUT2D eigenvalue weighted by atomic mass is 9.60. The average molecular weight is 865 g/mol. The first kappa shape index (κ1) is 40.1. The molecule has 0 radical (unpaired) electrons. The number of benzene rings is 9. The zero-order valence-corrected chi connectivity index (χ0v) is 38.6.